The SMILES string of the molecule is CC(C)Cn1cc(C(=O)N2CCO[C@@H](CC(=O)O)C2)c2ccccc21. The second-order valence-electron chi connectivity index (χ2n) is 6.95. The van der Waals surface area contributed by atoms with Gasteiger partial charge in [-0.2, -0.15) is 0 Å². The summed E-state index contributed by atoms with van der Waals surface area (Å²) in [5, 5.41) is 9.89. The Kier molecular flexibility index (Phi) is 5.08. The van der Waals surface area contributed by atoms with E-state index in [1.54, 1.807) is 4.90 Å². The zero-order valence-electron chi connectivity index (χ0n) is 14.6. The highest BCUT2D eigenvalue weighted by Gasteiger charge is 2.28. The van der Waals surface area contributed by atoms with E-state index in [2.05, 4.69) is 18.4 Å². The fraction of sp³-hybridized carbons (Fsp3) is 0.474. The molecule has 0 saturated carbocycles. The van der Waals surface area contributed by atoms with Gasteiger partial charge in [-0.3, -0.25) is 9.59 Å². The molecule has 1 aliphatic heterocycles. The molecule has 25 heavy (non-hydrogen) atoms. The van der Waals surface area contributed by atoms with Gasteiger partial charge in [0.1, 0.15) is 0 Å². The van der Waals surface area contributed by atoms with Crippen molar-refractivity contribution in [3.63, 3.8) is 0 Å². The summed E-state index contributed by atoms with van der Waals surface area (Å²) in [6, 6.07) is 7.91. The van der Waals surface area contributed by atoms with Crippen LogP contribution in [0.2, 0.25) is 0 Å². The lowest BCUT2D eigenvalue weighted by atomic mass is 10.1. The normalized spacial score (nSPS) is 18.0. The van der Waals surface area contributed by atoms with Crippen molar-refractivity contribution in [1.29, 1.82) is 0 Å². The van der Waals surface area contributed by atoms with Gasteiger partial charge >= 0.3 is 5.97 Å². The molecule has 1 aromatic heterocycles. The zero-order chi connectivity index (χ0) is 18.0. The molecule has 1 aliphatic rings. The highest BCUT2D eigenvalue weighted by atomic mass is 16.5. The lowest BCUT2D eigenvalue weighted by Gasteiger charge is -2.32. The van der Waals surface area contributed by atoms with E-state index in [4.69, 9.17) is 9.84 Å². The number of morpholine rings is 1. The fourth-order valence-corrected chi connectivity index (χ4v) is 3.35. The number of rotatable bonds is 5. The molecule has 1 atom stereocenters. The standard InChI is InChI=1S/C19H24N2O4/c1-13(2)10-21-12-16(15-5-3-4-6-17(15)21)19(24)20-7-8-25-14(11-20)9-18(22)23/h3-6,12-14H,7-11H2,1-2H3,(H,22,23)/t14-/m0/s1. The predicted molar refractivity (Wildman–Crippen MR) is 94.7 cm³/mol. The highest BCUT2D eigenvalue weighted by molar-refractivity contribution is 6.07. The van der Waals surface area contributed by atoms with E-state index in [9.17, 15) is 9.59 Å². The van der Waals surface area contributed by atoms with E-state index < -0.39 is 12.1 Å². The average Bonchev–Trinajstić information content (AvgIpc) is 2.92. The number of carbonyl (C=O) groups excluding carboxylic acids is 1. The number of para-hydroxylation sites is 1. The van der Waals surface area contributed by atoms with Gasteiger partial charge in [-0.1, -0.05) is 32.0 Å². The molecule has 1 aromatic carbocycles. The summed E-state index contributed by atoms with van der Waals surface area (Å²) < 4.78 is 7.60. The summed E-state index contributed by atoms with van der Waals surface area (Å²) in [7, 11) is 0. The molecule has 0 spiro atoms. The van der Waals surface area contributed by atoms with E-state index in [1.807, 2.05) is 30.5 Å². The van der Waals surface area contributed by atoms with Crippen LogP contribution in [0.3, 0.4) is 0 Å². The van der Waals surface area contributed by atoms with Gasteiger partial charge in [0.25, 0.3) is 5.91 Å². The first-order chi connectivity index (χ1) is 12.0. The van der Waals surface area contributed by atoms with Gasteiger partial charge in [-0.25, -0.2) is 0 Å². The highest BCUT2D eigenvalue weighted by Crippen LogP contribution is 2.24. The Bertz CT molecular complexity index is 781. The third-order valence-corrected chi connectivity index (χ3v) is 4.41. The number of nitrogens with zero attached hydrogens (tertiary/aromatic N) is 2. The molecule has 3 rings (SSSR count). The van der Waals surface area contributed by atoms with Crippen molar-refractivity contribution >= 4 is 22.8 Å². The number of benzene rings is 1. The number of carbonyl (C=O) groups is 2. The van der Waals surface area contributed by atoms with Crippen LogP contribution in [0.4, 0.5) is 0 Å². The first kappa shape index (κ1) is 17.5. The van der Waals surface area contributed by atoms with Crippen LogP contribution in [0.5, 0.6) is 0 Å². The number of hydrogen-bond donors (Lipinski definition) is 1. The van der Waals surface area contributed by atoms with Crippen LogP contribution in [0, 0.1) is 5.92 Å². The minimum absolute atomic E-state index is 0.0580. The summed E-state index contributed by atoms with van der Waals surface area (Å²) in [5.41, 5.74) is 1.72. The number of aromatic nitrogens is 1. The Morgan fingerprint density at radius 1 is 1.32 bits per heavy atom. The number of ether oxygens (including phenoxy) is 1. The van der Waals surface area contributed by atoms with Gasteiger partial charge in [0, 0.05) is 36.7 Å². The van der Waals surface area contributed by atoms with Crippen LogP contribution in [0.1, 0.15) is 30.6 Å². The quantitative estimate of drug-likeness (QED) is 0.905. The molecule has 0 aliphatic carbocycles. The van der Waals surface area contributed by atoms with Gasteiger partial charge in [0.2, 0.25) is 0 Å². The number of carboxylic acid groups (broad SMARTS) is 1. The number of hydrogen-bond acceptors (Lipinski definition) is 3. The maximum Gasteiger partial charge on any atom is 0.306 e. The smallest absolute Gasteiger partial charge is 0.306 e. The van der Waals surface area contributed by atoms with Gasteiger partial charge < -0.3 is 19.3 Å². The first-order valence-electron chi connectivity index (χ1n) is 8.66. The largest absolute Gasteiger partial charge is 0.481 e. The molecule has 2 heterocycles. The Morgan fingerprint density at radius 2 is 2.08 bits per heavy atom. The van der Waals surface area contributed by atoms with Crippen LogP contribution in [-0.2, 0) is 16.1 Å². The molecule has 6 nitrogen and oxygen atoms in total. The fourth-order valence-electron chi connectivity index (χ4n) is 3.35. The van der Waals surface area contributed by atoms with Gasteiger partial charge in [0.05, 0.1) is 24.7 Å². The molecule has 1 saturated heterocycles. The third kappa shape index (κ3) is 3.85. The van der Waals surface area contributed by atoms with Gasteiger partial charge in [-0.05, 0) is 12.0 Å². The van der Waals surface area contributed by atoms with Crippen LogP contribution in [-0.4, -0.2) is 52.3 Å². The molecule has 0 unspecified atom stereocenters. The Hall–Kier alpha value is -2.34. The lowest BCUT2D eigenvalue weighted by molar-refractivity contribution is -0.141. The molecule has 6 heteroatoms. The van der Waals surface area contributed by atoms with Crippen molar-refractivity contribution in [2.45, 2.75) is 32.9 Å². The summed E-state index contributed by atoms with van der Waals surface area (Å²) in [4.78, 5) is 25.7. The van der Waals surface area contributed by atoms with E-state index in [1.165, 1.54) is 0 Å². The Labute approximate surface area is 147 Å². The monoisotopic (exact) mass is 344 g/mol. The van der Waals surface area contributed by atoms with Crippen molar-refractivity contribution in [2.75, 3.05) is 19.7 Å². The molecule has 1 amide bonds. The minimum Gasteiger partial charge on any atom is -0.481 e. The molecular formula is C19H24N2O4. The second kappa shape index (κ2) is 7.27. The van der Waals surface area contributed by atoms with Crippen molar-refractivity contribution in [3.8, 4) is 0 Å². The van der Waals surface area contributed by atoms with Crippen LogP contribution < -0.4 is 0 Å². The predicted octanol–water partition coefficient (Wildman–Crippen LogP) is 2.61. The molecule has 0 radical (unpaired) electrons. The van der Waals surface area contributed by atoms with Gasteiger partial charge in [-0.15, -0.1) is 0 Å². The summed E-state index contributed by atoms with van der Waals surface area (Å²) >= 11 is 0. The van der Waals surface area contributed by atoms with E-state index in [-0.39, 0.29) is 12.3 Å². The Balaban J connectivity index is 1.88. The van der Waals surface area contributed by atoms with Crippen LogP contribution in [0.25, 0.3) is 10.9 Å². The lowest BCUT2D eigenvalue weighted by Crippen LogP contribution is -2.46. The van der Waals surface area contributed by atoms with Crippen molar-refractivity contribution in [2.24, 2.45) is 5.92 Å². The van der Waals surface area contributed by atoms with E-state index in [0.29, 0.717) is 31.2 Å². The van der Waals surface area contributed by atoms with E-state index >= 15 is 0 Å². The summed E-state index contributed by atoms with van der Waals surface area (Å²) in [6.07, 6.45) is 1.40. The summed E-state index contributed by atoms with van der Waals surface area (Å²) in [5.74, 6) is -0.493. The molecular weight excluding hydrogens is 320 g/mol. The molecule has 134 valence electrons. The number of aliphatic carboxylic acids is 1. The Morgan fingerprint density at radius 3 is 2.80 bits per heavy atom. The molecule has 2 aromatic rings. The summed E-state index contributed by atoms with van der Waals surface area (Å²) in [6.45, 7) is 6.31. The zero-order valence-corrected chi connectivity index (χ0v) is 14.6. The third-order valence-electron chi connectivity index (χ3n) is 4.41. The van der Waals surface area contributed by atoms with Crippen LogP contribution >= 0.6 is 0 Å². The topological polar surface area (TPSA) is 71.8 Å². The molecule has 1 fully saturated rings. The van der Waals surface area contributed by atoms with Crippen molar-refractivity contribution in [1.82, 2.24) is 9.47 Å². The van der Waals surface area contributed by atoms with Crippen molar-refractivity contribution in [3.05, 3.63) is 36.0 Å². The first-order valence-corrected chi connectivity index (χ1v) is 8.66. The number of fused-ring (bicyclic) bond motifs is 1. The van der Waals surface area contributed by atoms with E-state index in [0.717, 1.165) is 17.4 Å². The van der Waals surface area contributed by atoms with Gasteiger partial charge in [0.15, 0.2) is 0 Å². The second-order valence-corrected chi connectivity index (χ2v) is 6.95. The molecule has 0 bridgehead atoms. The number of amides is 1. The molecule has 1 N–H and O–H groups in total. The minimum atomic E-state index is -0.909. The van der Waals surface area contributed by atoms with Crippen molar-refractivity contribution < 1.29 is 19.4 Å². The number of carboxylic acids is 1. The van der Waals surface area contributed by atoms with Crippen LogP contribution in [0.15, 0.2) is 30.5 Å². The average molecular weight is 344 g/mol. The maximum atomic E-state index is 13.1. The maximum absolute atomic E-state index is 13.1.